The molecule has 0 radical (unpaired) electrons. The molecule has 1 fully saturated rings. The van der Waals surface area contributed by atoms with Gasteiger partial charge in [0.25, 0.3) is 11.8 Å². The molecule has 0 aliphatic carbocycles. The molecule has 8 nitrogen and oxygen atoms in total. The molecule has 0 saturated carbocycles. The van der Waals surface area contributed by atoms with Crippen LogP contribution in [0.25, 0.3) is 0 Å². The molecule has 0 spiro atoms. The van der Waals surface area contributed by atoms with Gasteiger partial charge in [-0.25, -0.2) is 4.98 Å². The Hall–Kier alpha value is -3.85. The van der Waals surface area contributed by atoms with Crippen molar-refractivity contribution < 1.29 is 14.3 Å². The fraction of sp³-hybridized carbons (Fsp3) is 0.361. The summed E-state index contributed by atoms with van der Waals surface area (Å²) in [6.45, 7) is 8.65. The highest BCUT2D eigenvalue weighted by molar-refractivity contribution is 6.30. The van der Waals surface area contributed by atoms with Crippen molar-refractivity contribution in [2.24, 2.45) is 7.05 Å². The van der Waals surface area contributed by atoms with E-state index in [1.807, 2.05) is 17.8 Å². The molecule has 1 saturated heterocycles. The molecular formula is C36H43Cl2N5O3. The number of aromatic nitrogens is 2. The monoisotopic (exact) mass is 663 g/mol. The van der Waals surface area contributed by atoms with Gasteiger partial charge in [-0.05, 0) is 136 Å². The van der Waals surface area contributed by atoms with E-state index in [0.717, 1.165) is 56.9 Å². The minimum atomic E-state index is -0.227. The van der Waals surface area contributed by atoms with E-state index >= 15 is 0 Å². The van der Waals surface area contributed by atoms with Crippen LogP contribution in [0.4, 0.5) is 5.69 Å². The Balaban J connectivity index is 0.00000480. The lowest BCUT2D eigenvalue weighted by Gasteiger charge is -2.33. The van der Waals surface area contributed by atoms with Crippen LogP contribution in [-0.2, 0) is 13.7 Å². The van der Waals surface area contributed by atoms with Gasteiger partial charge >= 0.3 is 0 Å². The van der Waals surface area contributed by atoms with E-state index < -0.39 is 0 Å². The van der Waals surface area contributed by atoms with Gasteiger partial charge in [-0.3, -0.25) is 9.59 Å². The number of hydrogen-bond donors (Lipinski definition) is 2. The van der Waals surface area contributed by atoms with E-state index in [0.29, 0.717) is 40.9 Å². The molecule has 1 aliphatic rings. The summed E-state index contributed by atoms with van der Waals surface area (Å²) in [5, 5.41) is 6.44. The molecule has 0 bridgehead atoms. The molecule has 0 unspecified atom stereocenters. The van der Waals surface area contributed by atoms with E-state index in [2.05, 4.69) is 46.5 Å². The van der Waals surface area contributed by atoms with Crippen LogP contribution in [0.5, 0.6) is 5.75 Å². The summed E-state index contributed by atoms with van der Waals surface area (Å²) < 4.78 is 8.09. The average molecular weight is 665 g/mol. The Morgan fingerprint density at radius 1 is 0.935 bits per heavy atom. The number of benzene rings is 3. The molecule has 1 aromatic heterocycles. The van der Waals surface area contributed by atoms with Crippen molar-refractivity contribution in [3.8, 4) is 5.75 Å². The number of halogens is 2. The number of carbonyl (C=O) groups is 2. The molecule has 46 heavy (non-hydrogen) atoms. The number of nitrogens with zero attached hydrogens (tertiary/aromatic N) is 3. The first-order valence-corrected chi connectivity index (χ1v) is 16.0. The number of imidazole rings is 1. The Morgan fingerprint density at radius 3 is 2.28 bits per heavy atom. The maximum absolute atomic E-state index is 12.6. The van der Waals surface area contributed by atoms with Crippen LogP contribution in [0, 0.1) is 13.8 Å². The van der Waals surface area contributed by atoms with E-state index in [9.17, 15) is 9.59 Å². The number of rotatable bonds is 12. The Morgan fingerprint density at radius 2 is 1.61 bits per heavy atom. The van der Waals surface area contributed by atoms with Crippen LogP contribution in [0.2, 0.25) is 5.02 Å². The highest BCUT2D eigenvalue weighted by Gasteiger charge is 2.22. The summed E-state index contributed by atoms with van der Waals surface area (Å²) in [5.74, 6) is 2.08. The molecule has 244 valence electrons. The predicted molar refractivity (Wildman–Crippen MR) is 187 cm³/mol. The fourth-order valence-electron chi connectivity index (χ4n) is 5.83. The molecule has 5 rings (SSSR count). The quantitative estimate of drug-likeness (QED) is 0.155. The number of carbonyl (C=O) groups excluding carboxylic acids is 2. The van der Waals surface area contributed by atoms with Crippen molar-refractivity contribution in [3.63, 3.8) is 0 Å². The van der Waals surface area contributed by atoms with Crippen LogP contribution in [-0.4, -0.2) is 52.4 Å². The molecule has 2 heterocycles. The summed E-state index contributed by atoms with van der Waals surface area (Å²) in [4.78, 5) is 31.9. The van der Waals surface area contributed by atoms with Crippen molar-refractivity contribution in [1.29, 1.82) is 0 Å². The number of ether oxygens (including phenoxy) is 1. The lowest BCUT2D eigenvalue weighted by Crippen LogP contribution is -2.34. The van der Waals surface area contributed by atoms with Crippen molar-refractivity contribution in [3.05, 3.63) is 112 Å². The van der Waals surface area contributed by atoms with Gasteiger partial charge in [0.2, 0.25) is 0 Å². The van der Waals surface area contributed by atoms with E-state index in [1.54, 1.807) is 54.7 Å². The summed E-state index contributed by atoms with van der Waals surface area (Å²) >= 11 is 5.89. The van der Waals surface area contributed by atoms with Gasteiger partial charge in [-0.15, -0.1) is 12.4 Å². The topological polar surface area (TPSA) is 88.5 Å². The van der Waals surface area contributed by atoms with E-state index in [-0.39, 0.29) is 24.2 Å². The fourth-order valence-corrected chi connectivity index (χ4v) is 5.95. The predicted octanol–water partition coefficient (Wildman–Crippen LogP) is 7.33. The molecule has 3 aromatic carbocycles. The maximum Gasteiger partial charge on any atom is 0.255 e. The Kier molecular flexibility index (Phi) is 12.7. The second-order valence-electron chi connectivity index (χ2n) is 11.8. The minimum absolute atomic E-state index is 0. The second-order valence-corrected chi connectivity index (χ2v) is 12.3. The lowest BCUT2D eigenvalue weighted by molar-refractivity contribution is 0.0951. The first kappa shape index (κ1) is 35.0. The van der Waals surface area contributed by atoms with E-state index in [1.165, 1.54) is 16.7 Å². The van der Waals surface area contributed by atoms with Crippen molar-refractivity contribution >= 4 is 41.5 Å². The summed E-state index contributed by atoms with van der Waals surface area (Å²) in [6.07, 6.45) is 8.00. The van der Waals surface area contributed by atoms with Crippen LogP contribution in [0.1, 0.15) is 74.8 Å². The van der Waals surface area contributed by atoms with Crippen molar-refractivity contribution in [2.75, 3.05) is 31.5 Å². The average Bonchev–Trinajstić information content (AvgIpc) is 3.46. The van der Waals surface area contributed by atoms with Gasteiger partial charge in [0.15, 0.2) is 0 Å². The van der Waals surface area contributed by atoms with Crippen LogP contribution in [0.3, 0.4) is 0 Å². The zero-order valence-electron chi connectivity index (χ0n) is 26.7. The number of hydrogen-bond acceptors (Lipinski definition) is 5. The van der Waals surface area contributed by atoms with Crippen molar-refractivity contribution in [2.45, 2.75) is 52.1 Å². The summed E-state index contributed by atoms with van der Waals surface area (Å²) in [6, 6.07) is 18.1. The third-order valence-corrected chi connectivity index (χ3v) is 8.82. The van der Waals surface area contributed by atoms with Crippen LogP contribution < -0.4 is 15.4 Å². The Bertz CT molecular complexity index is 1600. The third-order valence-electron chi connectivity index (χ3n) is 8.57. The van der Waals surface area contributed by atoms with Gasteiger partial charge in [0.05, 0.1) is 0 Å². The zero-order valence-corrected chi connectivity index (χ0v) is 28.3. The number of aryl methyl sites for hydroxylation is 3. The van der Waals surface area contributed by atoms with Crippen LogP contribution in [0.15, 0.2) is 73.1 Å². The summed E-state index contributed by atoms with van der Waals surface area (Å²) in [7, 11) is 1.98. The highest BCUT2D eigenvalue weighted by Crippen LogP contribution is 2.34. The molecule has 1 aliphatic heterocycles. The first-order chi connectivity index (χ1) is 21.8. The van der Waals surface area contributed by atoms with Crippen LogP contribution >= 0.6 is 24.0 Å². The third kappa shape index (κ3) is 9.34. The van der Waals surface area contributed by atoms with E-state index in [4.69, 9.17) is 16.3 Å². The molecular weight excluding hydrogens is 621 g/mol. The smallest absolute Gasteiger partial charge is 0.255 e. The lowest BCUT2D eigenvalue weighted by atomic mass is 9.85. The molecule has 2 N–H and O–H groups in total. The van der Waals surface area contributed by atoms with Crippen molar-refractivity contribution in [1.82, 2.24) is 19.8 Å². The van der Waals surface area contributed by atoms with Gasteiger partial charge in [-0.1, -0.05) is 17.7 Å². The molecule has 2 amide bonds. The SMILES string of the molecule is Cc1cc(C2CCN(CCCCNC(=O)c3ccc(NC(=O)c4ccc(Cl)cc4)cc3)CC2)c(C)cc1OCc1nccn1C.Cl. The zero-order chi connectivity index (χ0) is 31.8. The van der Waals surface area contributed by atoms with Gasteiger partial charge in [-0.2, -0.15) is 0 Å². The molecule has 0 atom stereocenters. The number of amides is 2. The maximum atomic E-state index is 12.6. The largest absolute Gasteiger partial charge is 0.485 e. The molecule has 4 aromatic rings. The first-order valence-electron chi connectivity index (χ1n) is 15.6. The number of likely N-dealkylation sites (tertiary alicyclic amines) is 1. The number of nitrogens with one attached hydrogen (secondary N) is 2. The number of unbranched alkanes of at least 4 members (excludes halogenated alkanes) is 1. The highest BCUT2D eigenvalue weighted by atomic mass is 35.5. The standard InChI is InChI=1S/C36H42ClN5O3.ClH/c1-25-23-33(45-24-34-38-17-21-41(34)3)26(2)22-32(25)27-14-19-42(20-15-27)18-5-4-16-39-35(43)28-8-12-31(13-9-28)40-36(44)29-6-10-30(37)11-7-29;/h6-13,17,21-23,27H,4-5,14-16,18-20,24H2,1-3H3,(H,39,43)(H,40,44);1H. The second kappa shape index (κ2) is 16.6. The number of piperidine rings is 1. The van der Waals surface area contributed by atoms with Gasteiger partial charge < -0.3 is 24.8 Å². The minimum Gasteiger partial charge on any atom is -0.485 e. The summed E-state index contributed by atoms with van der Waals surface area (Å²) in [5.41, 5.74) is 5.62. The van der Waals surface area contributed by atoms with Gasteiger partial charge in [0.1, 0.15) is 18.2 Å². The normalized spacial score (nSPS) is 13.6. The molecule has 10 heteroatoms. The Labute approximate surface area is 282 Å². The number of anilines is 1. The van der Waals surface area contributed by atoms with Gasteiger partial charge in [0, 0.05) is 47.8 Å².